The minimum absolute atomic E-state index is 0. The Balaban J connectivity index is 0.00000580. The van der Waals surface area contributed by atoms with Crippen LogP contribution in [0.4, 0.5) is 11.6 Å². The summed E-state index contributed by atoms with van der Waals surface area (Å²) in [5.41, 5.74) is 14.1. The quantitative estimate of drug-likeness (QED) is 0.0869. The van der Waals surface area contributed by atoms with Gasteiger partial charge in [0.15, 0.2) is 35.7 Å². The van der Waals surface area contributed by atoms with E-state index in [2.05, 4.69) is 50.2 Å². The Morgan fingerprint density at radius 2 is 1.25 bits per heavy atom. The molecular weight excluding hydrogens is 842 g/mol. The molecule has 1 aliphatic rings. The number of rotatable bonds is 22. The summed E-state index contributed by atoms with van der Waals surface area (Å²) in [6.07, 6.45) is 5.47. The third kappa shape index (κ3) is 19.0. The van der Waals surface area contributed by atoms with E-state index in [1.165, 1.54) is 11.1 Å². The third-order valence-electron chi connectivity index (χ3n) is 9.79. The summed E-state index contributed by atoms with van der Waals surface area (Å²) in [6.45, 7) is 6.30. The Morgan fingerprint density at radius 1 is 0.780 bits per heavy atom. The molecule has 2 aromatic carbocycles. The largest absolute Gasteiger partial charge is 1.00 e. The maximum Gasteiger partial charge on any atom is 0.274 e. The fourth-order valence-corrected chi connectivity index (χ4v) is 6.93. The normalized spacial score (nSPS) is 14.3. The number of quaternary nitrogens is 1. The zero-order valence-electron chi connectivity index (χ0n) is 34.5. The Morgan fingerprint density at radius 3 is 1.71 bits per heavy atom. The van der Waals surface area contributed by atoms with Crippen molar-refractivity contribution in [3.05, 3.63) is 70.5 Å². The summed E-state index contributed by atoms with van der Waals surface area (Å²) in [7, 11) is 7.84. The molecule has 3 aromatic rings. The predicted molar refractivity (Wildman–Crippen MR) is 234 cm³/mol. The van der Waals surface area contributed by atoms with E-state index in [-0.39, 0.29) is 90.8 Å². The molecule has 15 nitrogen and oxygen atoms in total. The van der Waals surface area contributed by atoms with Crippen molar-refractivity contribution in [3.8, 4) is 11.5 Å². The molecule has 0 saturated carbocycles. The summed E-state index contributed by atoms with van der Waals surface area (Å²) in [6, 6.07) is 15.8. The van der Waals surface area contributed by atoms with Crippen molar-refractivity contribution >= 4 is 65.8 Å². The topological polar surface area (TPSA) is 190 Å². The van der Waals surface area contributed by atoms with Crippen molar-refractivity contribution in [2.45, 2.75) is 44.6 Å². The SMILES string of the molecule is CN(C)CCNC(=O)COc1ccc(CCC[N+]2(CCCc3ccc(OCC(=O)NCCN(C)C)cc3)CCC[C@H](NC(=O)c3nc(Cl)c(N)nc3N)C2)cc1.Cl.Cl.[Cl-]. The molecule has 2 heterocycles. The number of aryl methyl sites for hydroxylation is 2. The highest BCUT2D eigenvalue weighted by Crippen LogP contribution is 2.25. The summed E-state index contributed by atoms with van der Waals surface area (Å²) >= 11 is 6.07. The molecule has 330 valence electrons. The molecule has 0 spiro atoms. The smallest absolute Gasteiger partial charge is 0.274 e. The number of ether oxygens (including phenoxy) is 2. The monoisotopic (exact) mass is 902 g/mol. The van der Waals surface area contributed by atoms with Crippen LogP contribution in [0.5, 0.6) is 11.5 Å². The van der Waals surface area contributed by atoms with Gasteiger partial charge in [0.05, 0.1) is 32.2 Å². The first-order valence-electron chi connectivity index (χ1n) is 19.3. The third-order valence-corrected chi connectivity index (χ3v) is 10.1. The van der Waals surface area contributed by atoms with Crippen molar-refractivity contribution in [2.24, 2.45) is 0 Å². The predicted octanol–water partition coefficient (Wildman–Crippen LogP) is 0.230. The summed E-state index contributed by atoms with van der Waals surface area (Å²) in [4.78, 5) is 49.6. The summed E-state index contributed by atoms with van der Waals surface area (Å²) in [5.74, 6) is 0.534. The van der Waals surface area contributed by atoms with Crippen LogP contribution in [0, 0.1) is 0 Å². The Bertz CT molecular complexity index is 1640. The van der Waals surface area contributed by atoms with Crippen LogP contribution in [-0.4, -0.2) is 142 Å². The van der Waals surface area contributed by atoms with Gasteiger partial charge < -0.3 is 63.6 Å². The van der Waals surface area contributed by atoms with Crippen molar-refractivity contribution in [2.75, 3.05) is 105 Å². The highest BCUT2D eigenvalue weighted by molar-refractivity contribution is 6.31. The number of nitrogen functional groups attached to an aromatic ring is 2. The number of aromatic nitrogens is 2. The van der Waals surface area contributed by atoms with E-state index in [0.717, 1.165) is 82.3 Å². The van der Waals surface area contributed by atoms with Gasteiger partial charge in [-0.1, -0.05) is 35.9 Å². The van der Waals surface area contributed by atoms with Crippen LogP contribution in [0.25, 0.3) is 0 Å². The molecule has 0 aliphatic carbocycles. The minimum atomic E-state index is -0.413. The number of likely N-dealkylation sites (tertiary alicyclic amines) is 1. The van der Waals surface area contributed by atoms with Crippen LogP contribution in [0.3, 0.4) is 0 Å². The van der Waals surface area contributed by atoms with Crippen molar-refractivity contribution in [1.29, 1.82) is 0 Å². The second-order valence-corrected chi connectivity index (χ2v) is 15.4. The minimum Gasteiger partial charge on any atom is -1.00 e. The molecule has 1 aliphatic heterocycles. The van der Waals surface area contributed by atoms with Gasteiger partial charge in [0.1, 0.15) is 11.5 Å². The number of piperidine rings is 1. The van der Waals surface area contributed by atoms with Crippen LogP contribution < -0.4 is 49.3 Å². The molecule has 1 aromatic heterocycles. The molecule has 3 amide bonds. The second kappa shape index (κ2) is 27.1. The zero-order valence-corrected chi connectivity index (χ0v) is 37.7. The molecule has 0 unspecified atom stereocenters. The van der Waals surface area contributed by atoms with Crippen LogP contribution in [-0.2, 0) is 22.4 Å². The number of nitrogens with one attached hydrogen (secondary N) is 3. The van der Waals surface area contributed by atoms with Gasteiger partial charge in [-0.3, -0.25) is 14.4 Å². The van der Waals surface area contributed by atoms with E-state index in [0.29, 0.717) is 24.6 Å². The van der Waals surface area contributed by atoms with E-state index in [1.54, 1.807) is 0 Å². The van der Waals surface area contributed by atoms with E-state index < -0.39 is 5.91 Å². The van der Waals surface area contributed by atoms with Crippen molar-refractivity contribution in [1.82, 2.24) is 35.7 Å². The van der Waals surface area contributed by atoms with Gasteiger partial charge >= 0.3 is 0 Å². The lowest BCUT2D eigenvalue weighted by Crippen LogP contribution is -3.00. The number of benzene rings is 2. The first kappa shape index (κ1) is 53.2. The van der Waals surface area contributed by atoms with Crippen LogP contribution in [0.15, 0.2) is 48.5 Å². The molecule has 59 heavy (non-hydrogen) atoms. The van der Waals surface area contributed by atoms with Crippen LogP contribution >= 0.6 is 36.4 Å². The van der Waals surface area contributed by atoms with Gasteiger partial charge in [0.2, 0.25) is 0 Å². The fraction of sp³-hybridized carbons (Fsp3) is 0.525. The van der Waals surface area contributed by atoms with Gasteiger partial charge in [-0.2, -0.15) is 0 Å². The first-order chi connectivity index (χ1) is 26.8. The number of anilines is 2. The maximum atomic E-state index is 13.3. The Kier molecular flexibility index (Phi) is 24.4. The number of hydrogen-bond acceptors (Lipinski definition) is 11. The molecule has 0 radical (unpaired) electrons. The summed E-state index contributed by atoms with van der Waals surface area (Å²) in [5, 5.41) is 8.81. The molecule has 1 fully saturated rings. The van der Waals surface area contributed by atoms with Gasteiger partial charge in [0, 0.05) is 39.0 Å². The van der Waals surface area contributed by atoms with Gasteiger partial charge in [0.25, 0.3) is 17.7 Å². The number of nitrogens with zero attached hydrogens (tertiary/aromatic N) is 5. The molecule has 1 saturated heterocycles. The van der Waals surface area contributed by atoms with Crippen LogP contribution in [0.2, 0.25) is 5.15 Å². The fourth-order valence-electron chi connectivity index (χ4n) is 6.80. The van der Waals surface area contributed by atoms with E-state index >= 15 is 0 Å². The average Bonchev–Trinajstić information content (AvgIpc) is 3.15. The molecule has 7 N–H and O–H groups in total. The lowest BCUT2D eigenvalue weighted by molar-refractivity contribution is -0.933. The molecule has 19 heteroatoms. The second-order valence-electron chi connectivity index (χ2n) is 15.0. The zero-order chi connectivity index (χ0) is 40.5. The Hall–Kier alpha value is -3.83. The standard InChI is InChI=1S/C40H59ClN10O5.3ClH/c1-49(2)21-19-44-34(52)27-55-32-15-11-29(12-16-32)8-5-23-51(25-7-10-31(26-51)46-40(54)36-38(42)48-39(43)37(41)47-36)24-6-9-30-13-17-33(18-14-30)56-28-35(53)45-20-22-50(3)4;;;/h11-18,31H,5-10,19-28H2,1-4H3,(H6-,42,43,44,45,46,48,52,53,54);3*1H/t31-;;;/m0.../s1. The van der Waals surface area contributed by atoms with Gasteiger partial charge in [-0.15, -0.1) is 24.8 Å². The number of carbonyl (C=O) groups excluding carboxylic acids is 3. The molecular formula is C40H62Cl4N10O5. The summed E-state index contributed by atoms with van der Waals surface area (Å²) < 4.78 is 12.3. The van der Waals surface area contributed by atoms with Crippen molar-refractivity contribution < 1.29 is 40.7 Å². The number of carbonyl (C=O) groups is 3. The molecule has 0 bridgehead atoms. The number of nitrogens with two attached hydrogens (primary N) is 2. The number of likely N-dealkylation sites (N-methyl/N-ethyl adjacent to an activating group) is 2. The van der Waals surface area contributed by atoms with E-state index in [4.69, 9.17) is 32.5 Å². The number of halogens is 4. The Labute approximate surface area is 372 Å². The van der Waals surface area contributed by atoms with Gasteiger partial charge in [-0.25, -0.2) is 9.97 Å². The lowest BCUT2D eigenvalue weighted by Gasteiger charge is -2.45. The lowest BCUT2D eigenvalue weighted by atomic mass is 9.99. The average molecular weight is 905 g/mol. The van der Waals surface area contributed by atoms with Gasteiger partial charge in [-0.05, 0) is 89.3 Å². The maximum absolute atomic E-state index is 13.3. The van der Waals surface area contributed by atoms with E-state index in [9.17, 15) is 14.4 Å². The first-order valence-corrected chi connectivity index (χ1v) is 19.7. The highest BCUT2D eigenvalue weighted by atomic mass is 35.5. The van der Waals surface area contributed by atoms with Crippen molar-refractivity contribution in [3.63, 3.8) is 0 Å². The highest BCUT2D eigenvalue weighted by Gasteiger charge is 2.35. The van der Waals surface area contributed by atoms with Crippen LogP contribution in [0.1, 0.15) is 47.3 Å². The number of amides is 3. The molecule has 1 atom stereocenters. The van der Waals surface area contributed by atoms with E-state index in [1.807, 2.05) is 62.3 Å². The molecule has 4 rings (SSSR count). The number of hydrogen-bond donors (Lipinski definition) is 5.